The van der Waals surface area contributed by atoms with E-state index in [1.165, 1.54) is 5.57 Å². The number of ketones is 1. The van der Waals surface area contributed by atoms with Crippen LogP contribution in [-0.2, 0) is 13.8 Å². The topological polar surface area (TPSA) is 35.5 Å². The van der Waals surface area contributed by atoms with Crippen LogP contribution in [0.15, 0.2) is 36.0 Å². The maximum absolute atomic E-state index is 11.7. The SMILES string of the molecule is COP(CC(=O)CCCCC1=CC=CCC=C1)OC. The molecule has 0 amide bonds. The fourth-order valence-electron chi connectivity index (χ4n) is 1.87. The fraction of sp³-hybridized carbons (Fsp3) is 0.533. The second-order valence-corrected chi connectivity index (χ2v) is 6.12. The molecule has 0 N–H and O–H groups in total. The predicted molar refractivity (Wildman–Crippen MR) is 80.3 cm³/mol. The molecule has 0 unspecified atom stereocenters. The van der Waals surface area contributed by atoms with Gasteiger partial charge in [-0.25, -0.2) is 0 Å². The smallest absolute Gasteiger partial charge is 0.177 e. The van der Waals surface area contributed by atoms with E-state index >= 15 is 0 Å². The minimum Gasteiger partial charge on any atom is -0.337 e. The Kier molecular flexibility index (Phi) is 8.64. The van der Waals surface area contributed by atoms with Gasteiger partial charge in [0.25, 0.3) is 0 Å². The minimum atomic E-state index is -1.01. The van der Waals surface area contributed by atoms with Gasteiger partial charge in [-0.15, -0.1) is 0 Å². The summed E-state index contributed by atoms with van der Waals surface area (Å²) >= 11 is 0. The Balaban J connectivity index is 2.15. The van der Waals surface area contributed by atoms with E-state index in [1.54, 1.807) is 14.2 Å². The summed E-state index contributed by atoms with van der Waals surface area (Å²) in [7, 11) is 2.16. The highest BCUT2D eigenvalue weighted by atomic mass is 31.2. The van der Waals surface area contributed by atoms with Crippen LogP contribution in [0.4, 0.5) is 0 Å². The molecule has 0 fully saturated rings. The van der Waals surface area contributed by atoms with Crippen LogP contribution < -0.4 is 0 Å². The van der Waals surface area contributed by atoms with E-state index in [2.05, 4.69) is 30.4 Å². The lowest BCUT2D eigenvalue weighted by atomic mass is 10.1. The largest absolute Gasteiger partial charge is 0.337 e. The quantitative estimate of drug-likeness (QED) is 0.470. The highest BCUT2D eigenvalue weighted by Crippen LogP contribution is 2.35. The lowest BCUT2D eigenvalue weighted by Crippen LogP contribution is -2.04. The Morgan fingerprint density at radius 2 is 2.05 bits per heavy atom. The van der Waals surface area contributed by atoms with Crippen molar-refractivity contribution in [2.24, 2.45) is 0 Å². The summed E-state index contributed by atoms with van der Waals surface area (Å²) in [6.45, 7) is 0. The lowest BCUT2D eigenvalue weighted by molar-refractivity contribution is -0.116. The first kappa shape index (κ1) is 16.3. The van der Waals surface area contributed by atoms with Gasteiger partial charge in [0.2, 0.25) is 0 Å². The highest BCUT2D eigenvalue weighted by Gasteiger charge is 2.12. The summed E-state index contributed by atoms with van der Waals surface area (Å²) in [4.78, 5) is 11.7. The minimum absolute atomic E-state index is 0.236. The second-order valence-electron chi connectivity index (χ2n) is 4.41. The molecule has 0 atom stereocenters. The molecule has 106 valence electrons. The summed E-state index contributed by atoms with van der Waals surface area (Å²) in [6.07, 6.45) is 15.8. The molecule has 0 heterocycles. The molecule has 19 heavy (non-hydrogen) atoms. The van der Waals surface area contributed by atoms with Crippen molar-refractivity contribution in [3.63, 3.8) is 0 Å². The van der Waals surface area contributed by atoms with Gasteiger partial charge in [-0.2, -0.15) is 0 Å². The summed E-state index contributed by atoms with van der Waals surface area (Å²) in [5.41, 5.74) is 1.34. The first-order valence-corrected chi connectivity index (χ1v) is 8.02. The Labute approximate surface area is 117 Å². The van der Waals surface area contributed by atoms with Gasteiger partial charge in [0, 0.05) is 20.6 Å². The maximum Gasteiger partial charge on any atom is 0.177 e. The van der Waals surface area contributed by atoms with Crippen LogP contribution >= 0.6 is 8.38 Å². The molecular formula is C15H23O3P. The molecule has 0 aliphatic heterocycles. The van der Waals surface area contributed by atoms with Crippen molar-refractivity contribution >= 4 is 14.2 Å². The fourth-order valence-corrected chi connectivity index (χ4v) is 2.72. The Hall–Kier alpha value is -0.760. The average Bonchev–Trinajstić information content (AvgIpc) is 2.69. The maximum atomic E-state index is 11.7. The van der Waals surface area contributed by atoms with E-state index in [1.807, 2.05) is 0 Å². The molecule has 1 aliphatic rings. The zero-order valence-corrected chi connectivity index (χ0v) is 12.7. The van der Waals surface area contributed by atoms with Crippen LogP contribution in [0.2, 0.25) is 0 Å². The van der Waals surface area contributed by atoms with Gasteiger partial charge < -0.3 is 9.05 Å². The van der Waals surface area contributed by atoms with Crippen LogP contribution in [0.5, 0.6) is 0 Å². The molecule has 3 nitrogen and oxygen atoms in total. The summed E-state index contributed by atoms with van der Waals surface area (Å²) < 4.78 is 10.2. The van der Waals surface area contributed by atoms with Gasteiger partial charge in [-0.05, 0) is 31.3 Å². The number of hydrogen-bond donors (Lipinski definition) is 0. The third-order valence-corrected chi connectivity index (χ3v) is 4.36. The predicted octanol–water partition coefficient (Wildman–Crippen LogP) is 4.16. The van der Waals surface area contributed by atoms with E-state index in [0.717, 1.165) is 25.7 Å². The van der Waals surface area contributed by atoms with Crippen molar-refractivity contribution < 1.29 is 13.8 Å². The molecule has 0 radical (unpaired) electrons. The third-order valence-electron chi connectivity index (χ3n) is 2.93. The standard InChI is InChI=1S/C15H23O3P/c1-17-19(18-2)13-15(16)12-8-7-11-14-9-5-3-4-6-10-14/h3,5-6,9-10H,4,7-8,11-13H2,1-2H3. The molecule has 0 spiro atoms. The van der Waals surface area contributed by atoms with Crippen LogP contribution in [0.1, 0.15) is 32.1 Å². The van der Waals surface area contributed by atoms with Crippen LogP contribution in [-0.4, -0.2) is 26.2 Å². The summed E-state index contributed by atoms with van der Waals surface area (Å²) in [5, 5.41) is 0. The number of allylic oxidation sites excluding steroid dienone is 6. The third kappa shape index (κ3) is 7.41. The molecular weight excluding hydrogens is 259 g/mol. The van der Waals surface area contributed by atoms with Crippen LogP contribution in [0.25, 0.3) is 0 Å². The Morgan fingerprint density at radius 3 is 2.79 bits per heavy atom. The first-order chi connectivity index (χ1) is 9.26. The molecule has 0 aromatic rings. The number of hydrogen-bond acceptors (Lipinski definition) is 3. The zero-order valence-electron chi connectivity index (χ0n) is 11.8. The van der Waals surface area contributed by atoms with Crippen molar-refractivity contribution in [2.75, 3.05) is 20.4 Å². The van der Waals surface area contributed by atoms with E-state index in [0.29, 0.717) is 12.6 Å². The summed E-state index contributed by atoms with van der Waals surface area (Å²) in [5.74, 6) is 0.236. The summed E-state index contributed by atoms with van der Waals surface area (Å²) in [6, 6.07) is 0. The number of rotatable bonds is 9. The molecule has 0 saturated carbocycles. The highest BCUT2D eigenvalue weighted by molar-refractivity contribution is 7.48. The van der Waals surface area contributed by atoms with E-state index in [4.69, 9.17) is 9.05 Å². The van der Waals surface area contributed by atoms with E-state index in [9.17, 15) is 4.79 Å². The molecule has 0 bridgehead atoms. The second kappa shape index (κ2) is 10.1. The number of unbranched alkanes of at least 4 members (excludes halogenated alkanes) is 1. The van der Waals surface area contributed by atoms with Crippen molar-refractivity contribution in [3.8, 4) is 0 Å². The molecule has 0 aromatic heterocycles. The first-order valence-electron chi connectivity index (χ1n) is 6.66. The van der Waals surface area contributed by atoms with Gasteiger partial charge in [0.05, 0.1) is 6.16 Å². The molecule has 0 aromatic carbocycles. The van der Waals surface area contributed by atoms with Gasteiger partial charge in [-0.3, -0.25) is 4.79 Å². The number of Topliss-reactive ketones (excluding diaryl/α,β-unsaturated/α-hetero) is 1. The normalized spacial score (nSPS) is 14.6. The average molecular weight is 282 g/mol. The van der Waals surface area contributed by atoms with Crippen LogP contribution in [0, 0.1) is 0 Å². The van der Waals surface area contributed by atoms with Crippen molar-refractivity contribution in [1.29, 1.82) is 0 Å². The van der Waals surface area contributed by atoms with Gasteiger partial charge in [0.15, 0.2) is 8.38 Å². The number of carbonyl (C=O) groups excluding carboxylic acids is 1. The Bertz CT molecular complexity index is 354. The zero-order chi connectivity index (χ0) is 13.9. The van der Waals surface area contributed by atoms with Crippen molar-refractivity contribution in [3.05, 3.63) is 36.0 Å². The van der Waals surface area contributed by atoms with E-state index in [-0.39, 0.29) is 5.78 Å². The van der Waals surface area contributed by atoms with Crippen molar-refractivity contribution in [1.82, 2.24) is 0 Å². The molecule has 4 heteroatoms. The lowest BCUT2D eigenvalue weighted by Gasteiger charge is -2.10. The van der Waals surface area contributed by atoms with Crippen LogP contribution in [0.3, 0.4) is 0 Å². The molecule has 1 rings (SSSR count). The van der Waals surface area contributed by atoms with Crippen molar-refractivity contribution in [2.45, 2.75) is 32.1 Å². The molecule has 1 aliphatic carbocycles. The monoisotopic (exact) mass is 282 g/mol. The number of carbonyl (C=O) groups is 1. The Morgan fingerprint density at radius 1 is 1.26 bits per heavy atom. The van der Waals surface area contributed by atoms with Gasteiger partial charge >= 0.3 is 0 Å². The van der Waals surface area contributed by atoms with Gasteiger partial charge in [0.1, 0.15) is 5.78 Å². The molecule has 0 saturated heterocycles. The van der Waals surface area contributed by atoms with Gasteiger partial charge in [-0.1, -0.05) is 30.4 Å². The van der Waals surface area contributed by atoms with E-state index < -0.39 is 8.38 Å².